The van der Waals surface area contributed by atoms with E-state index in [0.29, 0.717) is 12.1 Å². The van der Waals surface area contributed by atoms with Crippen molar-refractivity contribution in [3.63, 3.8) is 0 Å². The molecule has 260 valence electrons. The van der Waals surface area contributed by atoms with Gasteiger partial charge in [0, 0.05) is 17.5 Å². The molecule has 2 aliphatic carbocycles. The molecule has 6 atom stereocenters. The molecule has 1 saturated carbocycles. The number of phenolic OH excluding ortho intramolecular Hbond substituents is 1. The van der Waals surface area contributed by atoms with Gasteiger partial charge >= 0.3 is 0 Å². The molecule has 15 heteroatoms. The lowest BCUT2D eigenvalue weighted by atomic mass is 9.56. The van der Waals surface area contributed by atoms with Crippen LogP contribution in [0.4, 0.5) is 33.3 Å². The Bertz CT molecular complexity index is 2050. The fraction of sp³-hybridized carbons (Fsp3) is 0.314. The highest BCUT2D eigenvalue weighted by Gasteiger charge is 2.77. The standard InChI is InChI=1S/C35H25Cl2F5N2O6/c1-3-14-4-6-15(7-5-14)43-30(46)19-11-10-17-20(22(19)31(43)47)13-34(36)32(48)44(29-27(41)25(39)24(38)26(40)28(29)42)33(49)35(34,37)23(17)18-9-8-16(45)12-21(18)50-2/h4-10,12,19-20,22-23,45H,3,11,13H2,1-2H3. The molecule has 6 unspecified atom stereocenters. The Morgan fingerprint density at radius 1 is 0.840 bits per heavy atom. The van der Waals surface area contributed by atoms with Crippen LogP contribution in [0.1, 0.15) is 36.8 Å². The molecule has 3 aromatic rings. The minimum atomic E-state index is -2.72. The van der Waals surface area contributed by atoms with Crippen molar-refractivity contribution in [1.29, 1.82) is 0 Å². The largest absolute Gasteiger partial charge is 0.508 e. The molecule has 50 heavy (non-hydrogen) atoms. The van der Waals surface area contributed by atoms with E-state index in [0.717, 1.165) is 16.5 Å². The number of rotatable bonds is 5. The Morgan fingerprint density at radius 2 is 1.46 bits per heavy atom. The number of alkyl halides is 2. The van der Waals surface area contributed by atoms with Gasteiger partial charge in [-0.2, -0.15) is 0 Å². The number of imide groups is 2. The van der Waals surface area contributed by atoms with Crippen LogP contribution in [0, 0.1) is 46.8 Å². The molecule has 0 radical (unpaired) electrons. The van der Waals surface area contributed by atoms with Gasteiger partial charge in [0.05, 0.1) is 24.6 Å². The summed E-state index contributed by atoms with van der Waals surface area (Å²) in [5.41, 5.74) is -0.309. The third-order valence-corrected chi connectivity index (χ3v) is 11.8. The number of carbonyl (C=O) groups is 4. The Labute approximate surface area is 291 Å². The number of aryl methyl sites for hydroxylation is 1. The van der Waals surface area contributed by atoms with Crippen molar-refractivity contribution < 1.29 is 51.0 Å². The minimum Gasteiger partial charge on any atom is -0.508 e. The number of fused-ring (bicyclic) bond motifs is 4. The number of hydrogen-bond donors (Lipinski definition) is 1. The first kappa shape index (κ1) is 34.0. The highest BCUT2D eigenvalue weighted by Crippen LogP contribution is 2.67. The van der Waals surface area contributed by atoms with E-state index in [1.54, 1.807) is 30.3 Å². The molecule has 2 aliphatic heterocycles. The maximum atomic E-state index is 15.2. The summed E-state index contributed by atoms with van der Waals surface area (Å²) in [6.45, 7) is 1.94. The summed E-state index contributed by atoms with van der Waals surface area (Å²) in [5, 5.41) is 10.2. The number of phenols is 1. The van der Waals surface area contributed by atoms with Crippen molar-refractivity contribution in [2.75, 3.05) is 16.9 Å². The fourth-order valence-electron chi connectivity index (χ4n) is 7.99. The van der Waals surface area contributed by atoms with Gasteiger partial charge in [0.25, 0.3) is 11.8 Å². The first-order valence-corrected chi connectivity index (χ1v) is 16.2. The second-order valence-corrected chi connectivity index (χ2v) is 13.9. The highest BCUT2D eigenvalue weighted by atomic mass is 35.5. The van der Waals surface area contributed by atoms with Crippen molar-refractivity contribution >= 4 is 58.2 Å². The van der Waals surface area contributed by atoms with E-state index >= 15 is 8.78 Å². The Balaban J connectivity index is 1.43. The summed E-state index contributed by atoms with van der Waals surface area (Å²) in [6.07, 6.45) is 1.63. The number of anilines is 2. The topological polar surface area (TPSA) is 104 Å². The molecule has 4 aliphatic rings. The molecule has 0 bridgehead atoms. The van der Waals surface area contributed by atoms with Crippen molar-refractivity contribution in [1.82, 2.24) is 0 Å². The predicted octanol–water partition coefficient (Wildman–Crippen LogP) is 6.43. The number of ether oxygens (including phenoxy) is 1. The van der Waals surface area contributed by atoms with Crippen LogP contribution in [-0.4, -0.2) is 45.6 Å². The summed E-state index contributed by atoms with van der Waals surface area (Å²) >= 11 is 14.3. The first-order valence-electron chi connectivity index (χ1n) is 15.5. The van der Waals surface area contributed by atoms with Crippen LogP contribution in [0.25, 0.3) is 0 Å². The van der Waals surface area contributed by atoms with Crippen LogP contribution in [0.2, 0.25) is 0 Å². The average Bonchev–Trinajstić information content (AvgIpc) is 3.44. The molecule has 2 saturated heterocycles. The zero-order valence-corrected chi connectivity index (χ0v) is 27.6. The second-order valence-electron chi connectivity index (χ2n) is 12.7. The second kappa shape index (κ2) is 11.5. The molecule has 8 nitrogen and oxygen atoms in total. The number of benzene rings is 3. The van der Waals surface area contributed by atoms with Crippen LogP contribution >= 0.6 is 23.2 Å². The summed E-state index contributed by atoms with van der Waals surface area (Å²) in [7, 11) is 1.22. The van der Waals surface area contributed by atoms with Gasteiger partial charge in [-0.15, -0.1) is 23.2 Å². The van der Waals surface area contributed by atoms with E-state index in [1.165, 1.54) is 19.2 Å². The lowest BCUT2D eigenvalue weighted by molar-refractivity contribution is -0.125. The number of allylic oxidation sites excluding steroid dienone is 2. The van der Waals surface area contributed by atoms with Gasteiger partial charge in [-0.3, -0.25) is 24.1 Å². The van der Waals surface area contributed by atoms with Crippen molar-refractivity contribution in [3.05, 3.63) is 94.3 Å². The van der Waals surface area contributed by atoms with Crippen LogP contribution < -0.4 is 14.5 Å². The van der Waals surface area contributed by atoms with Crippen LogP contribution in [-0.2, 0) is 25.6 Å². The lowest BCUT2D eigenvalue weighted by Crippen LogP contribution is -2.60. The number of hydrogen-bond acceptors (Lipinski definition) is 6. The van der Waals surface area contributed by atoms with Gasteiger partial charge in [0.1, 0.15) is 17.2 Å². The summed E-state index contributed by atoms with van der Waals surface area (Å²) in [4.78, 5) is 52.2. The molecule has 3 aromatic carbocycles. The fourth-order valence-corrected chi connectivity index (χ4v) is 8.91. The number of amides is 4. The molecular formula is C35H25Cl2F5N2O6. The van der Waals surface area contributed by atoms with E-state index < -0.39 is 98.2 Å². The van der Waals surface area contributed by atoms with Gasteiger partial charge in [-0.05, 0) is 48.9 Å². The van der Waals surface area contributed by atoms with Gasteiger partial charge in [0.15, 0.2) is 33.0 Å². The van der Waals surface area contributed by atoms with Crippen molar-refractivity contribution in [2.24, 2.45) is 17.8 Å². The predicted molar refractivity (Wildman–Crippen MR) is 169 cm³/mol. The zero-order valence-electron chi connectivity index (χ0n) is 26.1. The third kappa shape index (κ3) is 4.28. The number of halogens is 7. The van der Waals surface area contributed by atoms with E-state index in [1.807, 2.05) is 6.92 Å². The molecule has 7 rings (SSSR count). The molecule has 0 spiro atoms. The third-order valence-electron chi connectivity index (χ3n) is 10.4. The molecule has 2 heterocycles. The first-order chi connectivity index (χ1) is 23.6. The van der Waals surface area contributed by atoms with E-state index in [-0.39, 0.29) is 34.0 Å². The summed E-state index contributed by atoms with van der Waals surface area (Å²) in [6, 6.07) is 10.5. The quantitative estimate of drug-likeness (QED) is 0.0810. The lowest BCUT2D eigenvalue weighted by Gasteiger charge is -2.50. The van der Waals surface area contributed by atoms with Crippen molar-refractivity contribution in [3.8, 4) is 11.5 Å². The van der Waals surface area contributed by atoms with E-state index in [2.05, 4.69) is 0 Å². The minimum absolute atomic E-state index is 0.0206. The normalized spacial score (nSPS) is 28.9. The SMILES string of the molecule is CCc1ccc(N2C(=O)C3CC=C4C(CC5(Cl)C(=O)N(c6c(F)c(F)c(F)c(F)c6F)C(=O)C5(Cl)C4c4ccc(O)cc4OC)C3C2=O)cc1. The van der Waals surface area contributed by atoms with Crippen LogP contribution in [0.3, 0.4) is 0 Å². The van der Waals surface area contributed by atoms with Gasteiger partial charge in [-0.25, -0.2) is 26.9 Å². The maximum Gasteiger partial charge on any atom is 0.258 e. The number of nitrogens with zero attached hydrogens (tertiary/aromatic N) is 2. The number of methoxy groups -OCH3 is 1. The van der Waals surface area contributed by atoms with Crippen LogP contribution in [0.15, 0.2) is 54.1 Å². The molecule has 4 amide bonds. The van der Waals surface area contributed by atoms with E-state index in [9.17, 15) is 37.5 Å². The van der Waals surface area contributed by atoms with Crippen molar-refractivity contribution in [2.45, 2.75) is 41.9 Å². The van der Waals surface area contributed by atoms with Crippen LogP contribution in [0.5, 0.6) is 11.5 Å². The number of aromatic hydroxyl groups is 1. The summed E-state index contributed by atoms with van der Waals surface area (Å²) in [5.74, 6) is -21.7. The Kier molecular flexibility index (Phi) is 7.83. The van der Waals surface area contributed by atoms with Gasteiger partial charge in [0.2, 0.25) is 17.6 Å². The van der Waals surface area contributed by atoms with E-state index in [4.69, 9.17) is 27.9 Å². The maximum absolute atomic E-state index is 15.2. The summed E-state index contributed by atoms with van der Waals surface area (Å²) < 4.78 is 78.8. The molecule has 0 aromatic heterocycles. The van der Waals surface area contributed by atoms with Gasteiger partial charge in [-0.1, -0.05) is 36.8 Å². The molecular weight excluding hydrogens is 710 g/mol. The Morgan fingerprint density at radius 3 is 2.06 bits per heavy atom. The average molecular weight is 735 g/mol. The molecule has 3 fully saturated rings. The monoisotopic (exact) mass is 734 g/mol. The zero-order chi connectivity index (χ0) is 36.2. The molecule has 1 N–H and O–H groups in total. The highest BCUT2D eigenvalue weighted by molar-refractivity contribution is 6.58. The number of carbonyl (C=O) groups excluding carboxylic acids is 4. The smallest absolute Gasteiger partial charge is 0.258 e. The van der Waals surface area contributed by atoms with Gasteiger partial charge < -0.3 is 9.84 Å². The Hall–Kier alpha value is -4.49.